The minimum absolute atomic E-state index is 0. The average molecular weight is 313 g/mol. The van der Waals surface area contributed by atoms with Gasteiger partial charge in [-0.1, -0.05) is 0 Å². The Balaban J connectivity index is 0.00000220. The average Bonchev–Trinajstić information content (AvgIpc) is 2.43. The Morgan fingerprint density at radius 3 is 2.71 bits per heavy atom. The molecule has 1 aliphatic heterocycles. The van der Waals surface area contributed by atoms with Crippen molar-refractivity contribution in [2.24, 2.45) is 5.92 Å². The van der Waals surface area contributed by atoms with Crippen LogP contribution >= 0.6 is 12.4 Å². The van der Waals surface area contributed by atoms with E-state index in [1.807, 2.05) is 32.0 Å². The molecule has 0 atom stereocenters. The second kappa shape index (κ2) is 8.90. The van der Waals surface area contributed by atoms with E-state index in [2.05, 4.69) is 10.6 Å². The van der Waals surface area contributed by atoms with Crippen LogP contribution in [0.4, 0.5) is 5.69 Å². The number of ether oxygens (including phenoxy) is 1. The van der Waals surface area contributed by atoms with Gasteiger partial charge in [0.15, 0.2) is 0 Å². The lowest BCUT2D eigenvalue weighted by Crippen LogP contribution is -2.30. The maximum atomic E-state index is 12.1. The Hall–Kier alpha value is -1.26. The minimum Gasteiger partial charge on any atom is -0.494 e. The van der Waals surface area contributed by atoms with Crippen LogP contribution in [0, 0.1) is 12.8 Å². The quantitative estimate of drug-likeness (QED) is 0.878. The van der Waals surface area contributed by atoms with Crippen LogP contribution in [-0.4, -0.2) is 25.6 Å². The smallest absolute Gasteiger partial charge is 0.224 e. The summed E-state index contributed by atoms with van der Waals surface area (Å²) in [7, 11) is 0. The van der Waals surface area contributed by atoms with E-state index in [-0.39, 0.29) is 18.3 Å². The van der Waals surface area contributed by atoms with Crippen LogP contribution in [0.5, 0.6) is 5.75 Å². The van der Waals surface area contributed by atoms with E-state index in [1.54, 1.807) is 0 Å². The molecule has 4 nitrogen and oxygen atoms in total. The molecule has 0 bridgehead atoms. The highest BCUT2D eigenvalue weighted by atomic mass is 35.5. The van der Waals surface area contributed by atoms with Crippen LogP contribution in [0.3, 0.4) is 0 Å². The van der Waals surface area contributed by atoms with Gasteiger partial charge >= 0.3 is 0 Å². The fourth-order valence-corrected chi connectivity index (χ4v) is 2.58. The predicted molar refractivity (Wildman–Crippen MR) is 88.4 cm³/mol. The number of aryl methyl sites for hydroxylation is 1. The van der Waals surface area contributed by atoms with Crippen LogP contribution in [0.15, 0.2) is 18.2 Å². The van der Waals surface area contributed by atoms with Crippen molar-refractivity contribution in [3.8, 4) is 5.75 Å². The van der Waals surface area contributed by atoms with E-state index < -0.39 is 0 Å². The molecule has 1 fully saturated rings. The molecule has 1 aromatic carbocycles. The maximum Gasteiger partial charge on any atom is 0.224 e. The summed E-state index contributed by atoms with van der Waals surface area (Å²) in [5.74, 6) is 1.48. The van der Waals surface area contributed by atoms with Crippen molar-refractivity contribution < 1.29 is 9.53 Å². The first-order chi connectivity index (χ1) is 9.69. The SMILES string of the molecule is CCOc1ccc(NC(=O)CC2CCNCC2)c(C)c1.Cl. The van der Waals surface area contributed by atoms with Crippen molar-refractivity contribution in [2.75, 3.05) is 25.0 Å². The number of hydrogen-bond donors (Lipinski definition) is 2. The van der Waals surface area contributed by atoms with Crippen molar-refractivity contribution in [3.63, 3.8) is 0 Å². The molecule has 1 heterocycles. The fourth-order valence-electron chi connectivity index (χ4n) is 2.58. The Kier molecular flexibility index (Phi) is 7.54. The molecule has 0 spiro atoms. The van der Waals surface area contributed by atoms with Gasteiger partial charge < -0.3 is 15.4 Å². The molecule has 21 heavy (non-hydrogen) atoms. The Morgan fingerprint density at radius 2 is 2.10 bits per heavy atom. The van der Waals surface area contributed by atoms with Gasteiger partial charge in [0.1, 0.15) is 5.75 Å². The summed E-state index contributed by atoms with van der Waals surface area (Å²) in [5.41, 5.74) is 1.92. The summed E-state index contributed by atoms with van der Waals surface area (Å²) in [5, 5.41) is 6.33. The lowest BCUT2D eigenvalue weighted by atomic mass is 9.94. The van der Waals surface area contributed by atoms with Gasteiger partial charge in [0.2, 0.25) is 5.91 Å². The first-order valence-electron chi connectivity index (χ1n) is 7.43. The van der Waals surface area contributed by atoms with E-state index in [4.69, 9.17) is 4.74 Å². The van der Waals surface area contributed by atoms with Crippen LogP contribution in [0.2, 0.25) is 0 Å². The summed E-state index contributed by atoms with van der Waals surface area (Å²) >= 11 is 0. The monoisotopic (exact) mass is 312 g/mol. The van der Waals surface area contributed by atoms with Gasteiger partial charge in [-0.2, -0.15) is 0 Å². The van der Waals surface area contributed by atoms with Crippen molar-refractivity contribution >= 4 is 24.0 Å². The standard InChI is InChI=1S/C16H24N2O2.ClH/c1-3-20-14-4-5-15(12(2)10-14)18-16(19)11-13-6-8-17-9-7-13;/h4-5,10,13,17H,3,6-9,11H2,1-2H3,(H,18,19);1H. The molecule has 1 amide bonds. The van der Waals surface area contributed by atoms with Gasteiger partial charge in [0, 0.05) is 12.1 Å². The summed E-state index contributed by atoms with van der Waals surface area (Å²) in [6.07, 6.45) is 2.81. The zero-order valence-electron chi connectivity index (χ0n) is 12.8. The molecule has 0 saturated carbocycles. The third-order valence-electron chi connectivity index (χ3n) is 3.72. The van der Waals surface area contributed by atoms with Gasteiger partial charge in [-0.05, 0) is 69.5 Å². The largest absolute Gasteiger partial charge is 0.494 e. The molecule has 118 valence electrons. The summed E-state index contributed by atoms with van der Waals surface area (Å²) in [6.45, 7) is 6.66. The number of halogens is 1. The molecular weight excluding hydrogens is 288 g/mol. The van der Waals surface area contributed by atoms with Crippen molar-refractivity contribution in [1.29, 1.82) is 0 Å². The number of carbonyl (C=O) groups excluding carboxylic acids is 1. The van der Waals surface area contributed by atoms with E-state index in [0.717, 1.165) is 42.9 Å². The first-order valence-corrected chi connectivity index (χ1v) is 7.43. The van der Waals surface area contributed by atoms with Crippen molar-refractivity contribution in [2.45, 2.75) is 33.1 Å². The molecular formula is C16H25ClN2O2. The molecule has 2 N–H and O–H groups in total. The zero-order valence-corrected chi connectivity index (χ0v) is 13.6. The second-order valence-corrected chi connectivity index (χ2v) is 5.36. The Bertz CT molecular complexity index is 460. The van der Waals surface area contributed by atoms with E-state index in [9.17, 15) is 4.79 Å². The van der Waals surface area contributed by atoms with Crippen LogP contribution in [0.25, 0.3) is 0 Å². The molecule has 1 aromatic rings. The van der Waals surface area contributed by atoms with Gasteiger partial charge in [0.05, 0.1) is 6.61 Å². The number of piperidine rings is 1. The Morgan fingerprint density at radius 1 is 1.38 bits per heavy atom. The highest BCUT2D eigenvalue weighted by Crippen LogP contribution is 2.23. The lowest BCUT2D eigenvalue weighted by molar-refractivity contribution is -0.117. The van der Waals surface area contributed by atoms with Crippen molar-refractivity contribution in [3.05, 3.63) is 23.8 Å². The molecule has 1 saturated heterocycles. The highest BCUT2D eigenvalue weighted by Gasteiger charge is 2.17. The summed E-state index contributed by atoms with van der Waals surface area (Å²) in [4.78, 5) is 12.1. The van der Waals surface area contributed by atoms with Crippen LogP contribution < -0.4 is 15.4 Å². The molecule has 0 radical (unpaired) electrons. The zero-order chi connectivity index (χ0) is 14.4. The van der Waals surface area contributed by atoms with Crippen LogP contribution in [-0.2, 0) is 4.79 Å². The van der Waals surface area contributed by atoms with Gasteiger partial charge in [-0.15, -0.1) is 12.4 Å². The summed E-state index contributed by atoms with van der Waals surface area (Å²) < 4.78 is 5.45. The first kappa shape index (κ1) is 17.8. The van der Waals surface area contributed by atoms with E-state index in [0.29, 0.717) is 18.9 Å². The van der Waals surface area contributed by atoms with Gasteiger partial charge in [0.25, 0.3) is 0 Å². The number of carbonyl (C=O) groups is 1. The topological polar surface area (TPSA) is 50.4 Å². The number of benzene rings is 1. The lowest BCUT2D eigenvalue weighted by Gasteiger charge is -2.22. The predicted octanol–water partition coefficient (Wildman–Crippen LogP) is 3.14. The molecule has 1 aliphatic rings. The molecule has 5 heteroatoms. The number of anilines is 1. The number of amides is 1. The summed E-state index contributed by atoms with van der Waals surface area (Å²) in [6, 6.07) is 5.78. The second-order valence-electron chi connectivity index (χ2n) is 5.36. The maximum absolute atomic E-state index is 12.1. The highest BCUT2D eigenvalue weighted by molar-refractivity contribution is 5.91. The van der Waals surface area contributed by atoms with Gasteiger partial charge in [-0.25, -0.2) is 0 Å². The molecule has 2 rings (SSSR count). The number of rotatable bonds is 5. The van der Waals surface area contributed by atoms with Gasteiger partial charge in [-0.3, -0.25) is 4.79 Å². The molecule has 0 aliphatic carbocycles. The molecule has 0 unspecified atom stereocenters. The normalized spacial score (nSPS) is 15.1. The minimum atomic E-state index is 0. The van der Waals surface area contributed by atoms with E-state index >= 15 is 0 Å². The van der Waals surface area contributed by atoms with Crippen LogP contribution in [0.1, 0.15) is 31.7 Å². The Labute approximate surface area is 133 Å². The van der Waals surface area contributed by atoms with Crippen molar-refractivity contribution in [1.82, 2.24) is 5.32 Å². The molecule has 0 aromatic heterocycles. The number of hydrogen-bond acceptors (Lipinski definition) is 3. The fraction of sp³-hybridized carbons (Fsp3) is 0.562. The third kappa shape index (κ3) is 5.56. The third-order valence-corrected chi connectivity index (χ3v) is 3.72. The number of nitrogens with one attached hydrogen (secondary N) is 2. The van der Waals surface area contributed by atoms with E-state index in [1.165, 1.54) is 0 Å².